The number of carboxylic acids is 1. The molecule has 0 spiro atoms. The summed E-state index contributed by atoms with van der Waals surface area (Å²) >= 11 is 2.31. The predicted octanol–water partition coefficient (Wildman–Crippen LogP) is 2.89. The molecule has 1 aromatic rings. The maximum atomic E-state index is 9.98. The largest absolute Gasteiger partial charge is 0.184 e. The molecule has 0 aliphatic carbocycles. The zero-order valence-corrected chi connectivity index (χ0v) is 12.6. The Labute approximate surface area is 114 Å². The Morgan fingerprint density at radius 3 is 2.24 bits per heavy atom. The van der Waals surface area contributed by atoms with Gasteiger partial charge in [-0.15, -0.1) is 22.9 Å². The van der Waals surface area contributed by atoms with Crippen molar-refractivity contribution in [3.05, 3.63) is 42.8 Å². The Morgan fingerprint density at radius 2 is 2.00 bits per heavy atom. The van der Waals surface area contributed by atoms with E-state index in [0.29, 0.717) is 5.66 Å². The number of benzene rings is 1. The Bertz CT molecular complexity index is 246. The molecule has 0 saturated carbocycles. The average Bonchev–Trinajstić information content (AvgIpc) is 2.41. The molecular formula is C11H16CoO3P2-2. The van der Waals surface area contributed by atoms with Crippen LogP contribution in [0.1, 0.15) is 13.3 Å². The number of rotatable bonds is 4. The van der Waals surface area contributed by atoms with Gasteiger partial charge in [0.1, 0.15) is 0 Å². The van der Waals surface area contributed by atoms with Crippen molar-refractivity contribution in [1.82, 2.24) is 0 Å². The molecule has 0 aliphatic rings. The van der Waals surface area contributed by atoms with E-state index in [2.05, 4.69) is 30.7 Å². The standard InChI is InChI=1S/C6H5.C5H11O2P2.Co.O/c1-2-4-6-5-3-1;1-4(9-8)2-3-5(6)7;;/h1-5H;2,4,9H,3,8H2,1H3,(H,6,7);;/q2*-1;;. The number of hydrogen-bond donors (Lipinski definition) is 1. The Kier molecular flexibility index (Phi) is 17.9. The third-order valence-electron chi connectivity index (χ3n) is 1.52. The first-order chi connectivity index (χ1) is 8.16. The molecular weight excluding hydrogens is 301 g/mol. The van der Waals surface area contributed by atoms with E-state index in [1.165, 1.54) is 0 Å². The van der Waals surface area contributed by atoms with Crippen molar-refractivity contribution in [2.45, 2.75) is 19.0 Å². The van der Waals surface area contributed by atoms with E-state index in [-0.39, 0.29) is 6.42 Å². The van der Waals surface area contributed by atoms with E-state index in [0.717, 1.165) is 8.27 Å². The van der Waals surface area contributed by atoms with Crippen molar-refractivity contribution < 1.29 is 29.4 Å². The van der Waals surface area contributed by atoms with Gasteiger partial charge in [0, 0.05) is 0 Å². The quantitative estimate of drug-likeness (QED) is 0.686. The van der Waals surface area contributed by atoms with Gasteiger partial charge in [0.25, 0.3) is 5.97 Å². The Balaban J connectivity index is 0. The van der Waals surface area contributed by atoms with E-state index in [4.69, 9.17) is 8.97 Å². The van der Waals surface area contributed by atoms with Crippen molar-refractivity contribution in [2.24, 2.45) is 0 Å². The summed E-state index contributed by atoms with van der Waals surface area (Å²) in [6, 6.07) is 12.5. The second-order valence-electron chi connectivity index (χ2n) is 2.87. The van der Waals surface area contributed by atoms with Gasteiger partial charge in [-0.3, -0.25) is 4.79 Å². The second kappa shape index (κ2) is 15.9. The number of carbonyl (C=O) groups is 1. The fourth-order valence-corrected chi connectivity index (χ4v) is 1.35. The van der Waals surface area contributed by atoms with Gasteiger partial charge in [-0.1, -0.05) is 13.3 Å². The molecule has 99 valence electrons. The molecule has 0 aromatic heterocycles. The molecule has 1 rings (SSSR count). The summed E-state index contributed by atoms with van der Waals surface area (Å²) in [4.78, 5) is 9.98. The van der Waals surface area contributed by atoms with Crippen LogP contribution in [0.15, 0.2) is 30.3 Å². The van der Waals surface area contributed by atoms with Crippen LogP contribution in [-0.4, -0.2) is 16.7 Å². The van der Waals surface area contributed by atoms with Gasteiger partial charge in [-0.2, -0.15) is 36.4 Å². The van der Waals surface area contributed by atoms with Gasteiger partial charge in [-0.25, -0.2) is 0 Å². The zero-order valence-electron chi connectivity index (χ0n) is 9.42. The summed E-state index contributed by atoms with van der Waals surface area (Å²) in [5, 5.41) is 8.22. The fraction of sp³-hybridized carbons (Fsp3) is 0.273. The number of hydrogen-bond acceptors (Lipinski definition) is 2. The molecule has 0 heterocycles. The van der Waals surface area contributed by atoms with Crippen molar-refractivity contribution in [3.8, 4) is 0 Å². The van der Waals surface area contributed by atoms with E-state index in [9.17, 15) is 4.79 Å². The minimum atomic E-state index is -0.745. The Morgan fingerprint density at radius 1 is 1.47 bits per heavy atom. The minimum Gasteiger partial charge on any atom is -0.184 e. The molecule has 0 saturated heterocycles. The second-order valence-corrected chi connectivity index (χ2v) is 5.11. The van der Waals surface area contributed by atoms with E-state index >= 15 is 0 Å². The summed E-state index contributed by atoms with van der Waals surface area (Å²) in [5.74, 6) is -0.745. The number of aliphatic carboxylic acids is 1. The minimum absolute atomic E-state index is 0.183. The van der Waals surface area contributed by atoms with Gasteiger partial charge >= 0.3 is 19.5 Å². The van der Waals surface area contributed by atoms with Crippen LogP contribution < -0.4 is 0 Å². The molecule has 3 atom stereocenters. The first kappa shape index (κ1) is 19.2. The van der Waals surface area contributed by atoms with Crippen LogP contribution in [0.2, 0.25) is 0 Å². The summed E-state index contributed by atoms with van der Waals surface area (Å²) in [5.41, 5.74) is 0.422. The molecule has 0 aliphatic heterocycles. The molecule has 0 bridgehead atoms. The van der Waals surface area contributed by atoms with Gasteiger partial charge < -0.3 is 11.5 Å². The van der Waals surface area contributed by atoms with Gasteiger partial charge in [-0.05, 0) is 0 Å². The number of carboxylic acid groups (broad SMARTS) is 1. The van der Waals surface area contributed by atoms with E-state index in [1.54, 1.807) is 0 Å². The third-order valence-corrected chi connectivity index (χ3v) is 3.85. The van der Waals surface area contributed by atoms with Gasteiger partial charge in [0.15, 0.2) is 0 Å². The molecule has 3 unspecified atom stereocenters. The topological polar surface area (TPSA) is 54.4 Å². The van der Waals surface area contributed by atoms with E-state index in [1.807, 2.05) is 43.7 Å². The molecule has 1 aromatic carbocycles. The van der Waals surface area contributed by atoms with Crippen LogP contribution >= 0.6 is 17.2 Å². The molecule has 17 heavy (non-hydrogen) atoms. The SMILES string of the molecule is CC([CH-]CC(=O)O)PP.[O]=[Co].[c-]1ccccc1. The molecule has 3 nitrogen and oxygen atoms in total. The van der Waals surface area contributed by atoms with Crippen molar-refractivity contribution in [2.75, 3.05) is 0 Å². The van der Waals surface area contributed by atoms with Crippen LogP contribution in [0.4, 0.5) is 0 Å². The zero-order chi connectivity index (χ0) is 13.5. The maximum absolute atomic E-state index is 9.98. The summed E-state index contributed by atoms with van der Waals surface area (Å²) in [7, 11) is 3.33. The first-order valence-electron chi connectivity index (χ1n) is 4.72. The molecule has 6 heteroatoms. The van der Waals surface area contributed by atoms with Crippen LogP contribution in [0.5, 0.6) is 0 Å². The van der Waals surface area contributed by atoms with Crippen LogP contribution in [0, 0.1) is 12.5 Å². The molecule has 1 N–H and O–H groups in total. The molecule has 0 amide bonds. The maximum Gasteiger partial charge on any atom is -0.171 e. The normalized spacial score (nSPS) is 10.8. The summed E-state index contributed by atoms with van der Waals surface area (Å²) < 4.78 is 7.94. The smallest absolute Gasteiger partial charge is 0.171 e. The monoisotopic (exact) mass is 317 g/mol. The van der Waals surface area contributed by atoms with Crippen molar-refractivity contribution >= 4 is 23.2 Å². The van der Waals surface area contributed by atoms with E-state index < -0.39 is 5.97 Å². The predicted molar refractivity (Wildman–Crippen MR) is 70.0 cm³/mol. The molecule has 0 radical (unpaired) electrons. The van der Waals surface area contributed by atoms with Gasteiger partial charge in [0.2, 0.25) is 0 Å². The molecule has 0 fully saturated rings. The summed E-state index contributed by atoms with van der Waals surface area (Å²) in [6.07, 6.45) is 2.00. The van der Waals surface area contributed by atoms with Gasteiger partial charge in [0.05, 0.1) is 0 Å². The van der Waals surface area contributed by atoms with Crippen LogP contribution in [-0.2, 0) is 24.3 Å². The summed E-state index contributed by atoms with van der Waals surface area (Å²) in [6.45, 7) is 2.01. The van der Waals surface area contributed by atoms with Crippen molar-refractivity contribution in [1.29, 1.82) is 0 Å². The Hall–Kier alpha value is -0.144. The average molecular weight is 317 g/mol. The first-order valence-corrected chi connectivity index (χ1v) is 8.04. The van der Waals surface area contributed by atoms with Crippen molar-refractivity contribution in [3.63, 3.8) is 0 Å². The third kappa shape index (κ3) is 18.4. The van der Waals surface area contributed by atoms with Crippen LogP contribution in [0.25, 0.3) is 0 Å². The van der Waals surface area contributed by atoms with Crippen LogP contribution in [0.3, 0.4) is 0 Å². The fourth-order valence-electron chi connectivity index (χ4n) is 0.688.